The van der Waals surface area contributed by atoms with Gasteiger partial charge in [-0.3, -0.25) is 4.79 Å². The normalized spacial score (nSPS) is 14.9. The number of benzene rings is 1. The monoisotopic (exact) mass is 434 g/mol. The van der Waals surface area contributed by atoms with Gasteiger partial charge < -0.3 is 13.9 Å². The largest absolute Gasteiger partial charge is 0.464 e. The van der Waals surface area contributed by atoms with Crippen molar-refractivity contribution >= 4 is 17.7 Å². The average Bonchev–Trinajstić information content (AvgIpc) is 3.35. The van der Waals surface area contributed by atoms with Crippen LogP contribution in [0.25, 0.3) is 11.3 Å². The second kappa shape index (κ2) is 8.26. The fourth-order valence-corrected chi connectivity index (χ4v) is 4.59. The number of aromatic nitrogens is 1. The maximum absolute atomic E-state index is 13.4. The summed E-state index contributed by atoms with van der Waals surface area (Å²) in [5.41, 5.74) is 2.12. The van der Waals surface area contributed by atoms with Crippen molar-refractivity contribution < 1.29 is 22.4 Å². The van der Waals surface area contributed by atoms with Crippen molar-refractivity contribution in [1.82, 2.24) is 9.47 Å². The molecule has 1 saturated heterocycles. The Balaban J connectivity index is 1.72. The summed E-state index contributed by atoms with van der Waals surface area (Å²) in [4.78, 5) is 15.3. The Hall–Kier alpha value is -2.61. The number of alkyl halides is 3. The molecule has 0 unspecified atom stereocenters. The molecule has 0 saturated carbocycles. The van der Waals surface area contributed by atoms with Crippen LogP contribution >= 0.6 is 11.8 Å². The lowest BCUT2D eigenvalue weighted by Gasteiger charge is -2.27. The van der Waals surface area contributed by atoms with Gasteiger partial charge in [-0.25, -0.2) is 0 Å². The first-order valence-electron chi connectivity index (χ1n) is 9.61. The molecule has 2 aromatic heterocycles. The topological polar surface area (TPSA) is 38.4 Å². The summed E-state index contributed by atoms with van der Waals surface area (Å²) in [7, 11) is 0. The molecule has 0 spiro atoms. The van der Waals surface area contributed by atoms with Crippen LogP contribution in [0.1, 0.15) is 27.2 Å². The van der Waals surface area contributed by atoms with Crippen LogP contribution < -0.4 is 0 Å². The Labute approximate surface area is 176 Å². The fourth-order valence-electron chi connectivity index (χ4n) is 3.69. The highest BCUT2D eigenvalue weighted by Gasteiger charge is 2.30. The molecule has 158 valence electrons. The Bertz CT molecular complexity index is 1020. The van der Waals surface area contributed by atoms with Gasteiger partial charge in [0, 0.05) is 37.3 Å². The van der Waals surface area contributed by atoms with Crippen molar-refractivity contribution in [2.45, 2.75) is 19.6 Å². The third-order valence-electron chi connectivity index (χ3n) is 5.17. The van der Waals surface area contributed by atoms with E-state index in [1.54, 1.807) is 12.3 Å². The van der Waals surface area contributed by atoms with E-state index in [0.717, 1.165) is 34.8 Å². The zero-order chi connectivity index (χ0) is 21.3. The van der Waals surface area contributed by atoms with E-state index in [1.165, 1.54) is 12.1 Å². The summed E-state index contributed by atoms with van der Waals surface area (Å²) in [6.45, 7) is 3.55. The number of furan rings is 1. The van der Waals surface area contributed by atoms with Crippen LogP contribution in [0.5, 0.6) is 0 Å². The molecule has 0 aliphatic carbocycles. The van der Waals surface area contributed by atoms with Crippen LogP contribution in [-0.2, 0) is 12.7 Å². The lowest BCUT2D eigenvalue weighted by Crippen LogP contribution is -2.39. The summed E-state index contributed by atoms with van der Waals surface area (Å²) in [6, 6.07) is 8.64. The number of amides is 1. The van der Waals surface area contributed by atoms with Crippen molar-refractivity contribution in [2.75, 3.05) is 24.6 Å². The Kier molecular flexibility index (Phi) is 5.69. The van der Waals surface area contributed by atoms with E-state index in [9.17, 15) is 18.0 Å². The summed E-state index contributed by atoms with van der Waals surface area (Å²) in [5.74, 6) is 2.30. The Morgan fingerprint density at radius 1 is 1.13 bits per heavy atom. The van der Waals surface area contributed by atoms with Crippen molar-refractivity contribution in [1.29, 1.82) is 0 Å². The zero-order valence-corrected chi connectivity index (χ0v) is 17.2. The number of hydrogen-bond donors (Lipinski definition) is 0. The van der Waals surface area contributed by atoms with E-state index < -0.39 is 11.7 Å². The van der Waals surface area contributed by atoms with E-state index in [2.05, 4.69) is 0 Å². The van der Waals surface area contributed by atoms with Crippen LogP contribution in [0.15, 0.2) is 53.3 Å². The molecule has 3 aromatic rings. The summed E-state index contributed by atoms with van der Waals surface area (Å²) < 4.78 is 46.0. The highest BCUT2D eigenvalue weighted by molar-refractivity contribution is 7.99. The molecule has 4 rings (SSSR count). The molecule has 3 heterocycles. The minimum Gasteiger partial charge on any atom is -0.464 e. The van der Waals surface area contributed by atoms with Gasteiger partial charge in [0.1, 0.15) is 11.5 Å². The Morgan fingerprint density at radius 3 is 2.43 bits per heavy atom. The van der Waals surface area contributed by atoms with Gasteiger partial charge in [0.05, 0.1) is 17.4 Å². The highest BCUT2D eigenvalue weighted by atomic mass is 32.2. The molecule has 4 nitrogen and oxygen atoms in total. The Morgan fingerprint density at radius 2 is 1.83 bits per heavy atom. The van der Waals surface area contributed by atoms with Gasteiger partial charge in [-0.15, -0.1) is 0 Å². The molecule has 1 fully saturated rings. The number of thioether (sulfide) groups is 1. The van der Waals surface area contributed by atoms with Gasteiger partial charge in [0.25, 0.3) is 5.91 Å². The predicted octanol–water partition coefficient (Wildman–Crippen LogP) is 5.31. The van der Waals surface area contributed by atoms with Crippen molar-refractivity contribution in [2.24, 2.45) is 0 Å². The van der Waals surface area contributed by atoms with Gasteiger partial charge >= 0.3 is 6.18 Å². The van der Waals surface area contributed by atoms with Crippen LogP contribution in [-0.4, -0.2) is 40.0 Å². The first kappa shape index (κ1) is 20.7. The zero-order valence-electron chi connectivity index (χ0n) is 16.4. The summed E-state index contributed by atoms with van der Waals surface area (Å²) >= 11 is 1.82. The van der Waals surface area contributed by atoms with E-state index in [1.807, 2.05) is 40.4 Å². The number of nitrogens with zero attached hydrogens (tertiary/aromatic N) is 2. The molecule has 1 aliphatic heterocycles. The lowest BCUT2D eigenvalue weighted by atomic mass is 10.1. The minimum atomic E-state index is -4.37. The van der Waals surface area contributed by atoms with Crippen molar-refractivity contribution in [3.05, 3.63) is 71.2 Å². The number of aryl methyl sites for hydroxylation is 1. The van der Waals surface area contributed by atoms with E-state index >= 15 is 0 Å². The molecule has 0 N–H and O–H groups in total. The van der Waals surface area contributed by atoms with Crippen LogP contribution in [0.2, 0.25) is 0 Å². The second-order valence-corrected chi connectivity index (χ2v) is 8.46. The van der Waals surface area contributed by atoms with E-state index in [-0.39, 0.29) is 5.91 Å². The van der Waals surface area contributed by atoms with E-state index in [0.29, 0.717) is 36.7 Å². The predicted molar refractivity (Wildman–Crippen MR) is 111 cm³/mol. The van der Waals surface area contributed by atoms with Crippen molar-refractivity contribution in [3.63, 3.8) is 0 Å². The molecule has 0 radical (unpaired) electrons. The SMILES string of the molecule is Cc1cn(Cc2ccc(C(F)(F)F)cc2)c(C(=O)N2CCSCC2)c1-c1ccco1. The van der Waals surface area contributed by atoms with Crippen LogP contribution in [0.3, 0.4) is 0 Å². The van der Waals surface area contributed by atoms with Gasteiger partial charge in [-0.1, -0.05) is 12.1 Å². The molecule has 8 heteroatoms. The van der Waals surface area contributed by atoms with Crippen molar-refractivity contribution in [3.8, 4) is 11.3 Å². The van der Waals surface area contributed by atoms with Gasteiger partial charge in [-0.2, -0.15) is 24.9 Å². The number of hydrogen-bond acceptors (Lipinski definition) is 3. The highest BCUT2D eigenvalue weighted by Crippen LogP contribution is 2.33. The molecule has 1 aliphatic rings. The first-order valence-corrected chi connectivity index (χ1v) is 10.8. The maximum Gasteiger partial charge on any atom is 0.416 e. The molecule has 1 amide bonds. The second-order valence-electron chi connectivity index (χ2n) is 7.24. The quantitative estimate of drug-likeness (QED) is 0.558. The summed E-state index contributed by atoms with van der Waals surface area (Å²) in [6.07, 6.45) is -0.947. The smallest absolute Gasteiger partial charge is 0.416 e. The fraction of sp³-hybridized carbons (Fsp3) is 0.318. The molecule has 30 heavy (non-hydrogen) atoms. The molecule has 1 aromatic carbocycles. The minimum absolute atomic E-state index is 0.0817. The number of carbonyl (C=O) groups excluding carboxylic acids is 1. The number of carbonyl (C=O) groups is 1. The molecule has 0 bridgehead atoms. The van der Waals surface area contributed by atoms with Gasteiger partial charge in [0.2, 0.25) is 0 Å². The third-order valence-corrected chi connectivity index (χ3v) is 6.11. The van der Waals surface area contributed by atoms with E-state index in [4.69, 9.17) is 4.42 Å². The lowest BCUT2D eigenvalue weighted by molar-refractivity contribution is -0.137. The number of halogens is 3. The first-order chi connectivity index (χ1) is 14.3. The number of rotatable bonds is 4. The molecular formula is C22H21F3N2O2S. The molecular weight excluding hydrogens is 413 g/mol. The third kappa shape index (κ3) is 4.14. The maximum atomic E-state index is 13.4. The van der Waals surface area contributed by atoms with Gasteiger partial charge in [0.15, 0.2) is 0 Å². The van der Waals surface area contributed by atoms with Crippen LogP contribution in [0.4, 0.5) is 13.2 Å². The summed E-state index contributed by atoms with van der Waals surface area (Å²) in [5, 5.41) is 0. The standard InChI is InChI=1S/C22H21F3N2O2S/c1-15-13-27(14-16-4-6-17(7-5-16)22(23,24)25)20(19(15)18-3-2-10-29-18)21(28)26-8-11-30-12-9-26/h2-7,10,13H,8-9,11-12,14H2,1H3. The van der Waals surface area contributed by atoms with Crippen LogP contribution in [0, 0.1) is 6.92 Å². The average molecular weight is 434 g/mol. The molecule has 0 atom stereocenters. The van der Waals surface area contributed by atoms with Gasteiger partial charge in [-0.05, 0) is 42.3 Å².